The first kappa shape index (κ1) is 24.6. The predicted octanol–water partition coefficient (Wildman–Crippen LogP) is 5.46. The second-order valence-electron chi connectivity index (χ2n) is 9.41. The number of rotatable bonds is 4. The number of hydrogen-bond acceptors (Lipinski definition) is 4. The Hall–Kier alpha value is -3.04. The van der Waals surface area contributed by atoms with Gasteiger partial charge < -0.3 is 10.2 Å². The molecule has 3 aromatic rings. The van der Waals surface area contributed by atoms with Crippen LogP contribution in [0.1, 0.15) is 45.7 Å². The van der Waals surface area contributed by atoms with E-state index >= 15 is 0 Å². The fraction of sp³-hybridized carbons (Fsp3) is 0.385. The van der Waals surface area contributed by atoms with Crippen LogP contribution in [0.5, 0.6) is 0 Å². The Morgan fingerprint density at radius 1 is 1.06 bits per heavy atom. The lowest BCUT2D eigenvalue weighted by Crippen LogP contribution is -2.48. The molecule has 2 atom stereocenters. The first-order chi connectivity index (χ1) is 17.2. The molecule has 1 aromatic heterocycles. The zero-order valence-electron chi connectivity index (χ0n) is 19.8. The number of hydrogen-bond donors (Lipinski definition) is 1. The number of aryl methyl sites for hydroxylation is 1. The minimum Gasteiger partial charge on any atom is -0.362 e. The van der Waals surface area contributed by atoms with Gasteiger partial charge in [0, 0.05) is 39.1 Å². The van der Waals surface area contributed by atoms with Crippen molar-refractivity contribution >= 4 is 23.3 Å². The van der Waals surface area contributed by atoms with Crippen molar-refractivity contribution in [2.45, 2.75) is 38.1 Å². The monoisotopic (exact) mass is 517 g/mol. The van der Waals surface area contributed by atoms with Gasteiger partial charge in [-0.25, -0.2) is 4.68 Å². The molecule has 3 heterocycles. The summed E-state index contributed by atoms with van der Waals surface area (Å²) in [6, 6.07) is 14.9. The van der Waals surface area contributed by atoms with Crippen LogP contribution in [0.25, 0.3) is 0 Å². The zero-order valence-corrected chi connectivity index (χ0v) is 20.6. The third kappa shape index (κ3) is 4.95. The molecular formula is C26H27ClF3N5O. The number of carbonyl (C=O) groups is 1. The van der Waals surface area contributed by atoms with E-state index < -0.39 is 24.2 Å². The third-order valence-corrected chi connectivity index (χ3v) is 7.24. The molecule has 0 aliphatic carbocycles. The molecule has 0 saturated carbocycles. The van der Waals surface area contributed by atoms with Crippen molar-refractivity contribution in [3.63, 3.8) is 0 Å². The summed E-state index contributed by atoms with van der Waals surface area (Å²) in [6.07, 6.45) is -4.79. The smallest absolute Gasteiger partial charge is 0.362 e. The first-order valence-corrected chi connectivity index (χ1v) is 12.3. The van der Waals surface area contributed by atoms with Crippen molar-refractivity contribution in [1.29, 1.82) is 0 Å². The van der Waals surface area contributed by atoms with Gasteiger partial charge in [-0.15, -0.1) is 0 Å². The molecule has 2 aromatic carbocycles. The summed E-state index contributed by atoms with van der Waals surface area (Å²) >= 11 is 6.51. The van der Waals surface area contributed by atoms with E-state index in [-0.39, 0.29) is 23.0 Å². The normalized spacial score (nSPS) is 20.6. The standard InChI is InChI=1S/C26H27ClF3N5O/c1-17-7-9-19(10-8-17)20-15-21(26(28,29)30)35-24(31-20)22(27)23(32-35)25(36)34-13-11-33(12-14-34)16-18-5-3-2-4-6-18/h2-10,20-21,31H,11-16H2,1H3/t20-,21+/m1/s1. The van der Waals surface area contributed by atoms with Gasteiger partial charge in [-0.3, -0.25) is 9.69 Å². The Morgan fingerprint density at radius 3 is 2.36 bits per heavy atom. The van der Waals surface area contributed by atoms with Gasteiger partial charge in [0.05, 0.1) is 6.04 Å². The van der Waals surface area contributed by atoms with Gasteiger partial charge in [-0.1, -0.05) is 71.8 Å². The second-order valence-corrected chi connectivity index (χ2v) is 9.79. The van der Waals surface area contributed by atoms with E-state index in [4.69, 9.17) is 11.6 Å². The third-order valence-electron chi connectivity index (χ3n) is 6.89. The van der Waals surface area contributed by atoms with Gasteiger partial charge in [0.15, 0.2) is 11.7 Å². The number of benzene rings is 2. The van der Waals surface area contributed by atoms with Crippen LogP contribution in [0.4, 0.5) is 19.0 Å². The average molecular weight is 518 g/mol. The van der Waals surface area contributed by atoms with Crippen LogP contribution >= 0.6 is 11.6 Å². The molecule has 190 valence electrons. The highest BCUT2D eigenvalue weighted by atomic mass is 35.5. The van der Waals surface area contributed by atoms with Crippen LogP contribution in [0, 0.1) is 6.92 Å². The lowest BCUT2D eigenvalue weighted by molar-refractivity contribution is -0.173. The Bertz CT molecular complexity index is 1220. The number of halogens is 4. The first-order valence-electron chi connectivity index (χ1n) is 11.9. The Balaban J connectivity index is 1.35. The summed E-state index contributed by atoms with van der Waals surface area (Å²) in [4.78, 5) is 17.1. The highest BCUT2D eigenvalue weighted by Crippen LogP contribution is 2.46. The molecule has 10 heteroatoms. The van der Waals surface area contributed by atoms with Crippen molar-refractivity contribution in [2.75, 3.05) is 31.5 Å². The maximum Gasteiger partial charge on any atom is 0.410 e. The van der Waals surface area contributed by atoms with Crippen molar-refractivity contribution in [3.8, 4) is 0 Å². The average Bonchev–Trinajstić information content (AvgIpc) is 3.20. The number of nitrogens with zero attached hydrogens (tertiary/aromatic N) is 4. The van der Waals surface area contributed by atoms with E-state index in [1.165, 1.54) is 5.56 Å². The van der Waals surface area contributed by atoms with E-state index in [2.05, 4.69) is 27.4 Å². The van der Waals surface area contributed by atoms with E-state index in [0.717, 1.165) is 22.4 Å². The van der Waals surface area contributed by atoms with Gasteiger partial charge in [-0.05, 0) is 18.1 Å². The highest BCUT2D eigenvalue weighted by molar-refractivity contribution is 6.36. The molecule has 2 aliphatic rings. The van der Waals surface area contributed by atoms with Crippen LogP contribution in [0.2, 0.25) is 5.02 Å². The Labute approximate surface area is 212 Å². The Kier molecular flexibility index (Phi) is 6.70. The van der Waals surface area contributed by atoms with E-state index in [9.17, 15) is 18.0 Å². The van der Waals surface area contributed by atoms with Crippen LogP contribution in [0.3, 0.4) is 0 Å². The summed E-state index contributed by atoms with van der Waals surface area (Å²) in [7, 11) is 0. The van der Waals surface area contributed by atoms with Gasteiger partial charge >= 0.3 is 6.18 Å². The molecule has 2 aliphatic heterocycles. The summed E-state index contributed by atoms with van der Waals surface area (Å²) < 4.78 is 43.0. The molecule has 1 amide bonds. The predicted molar refractivity (Wildman–Crippen MR) is 132 cm³/mol. The van der Waals surface area contributed by atoms with Crippen molar-refractivity contribution in [2.24, 2.45) is 0 Å². The van der Waals surface area contributed by atoms with E-state index in [1.54, 1.807) is 17.0 Å². The lowest BCUT2D eigenvalue weighted by atomic mass is 9.96. The maximum atomic E-state index is 14.1. The molecule has 0 spiro atoms. The van der Waals surface area contributed by atoms with Crippen molar-refractivity contribution in [3.05, 3.63) is 82.0 Å². The van der Waals surface area contributed by atoms with E-state index in [0.29, 0.717) is 26.2 Å². The molecule has 0 bridgehead atoms. The maximum absolute atomic E-state index is 14.1. The van der Waals surface area contributed by atoms with E-state index in [1.807, 2.05) is 37.3 Å². The number of alkyl halides is 3. The molecule has 1 N–H and O–H groups in total. The minimum atomic E-state index is -4.54. The molecule has 0 unspecified atom stereocenters. The van der Waals surface area contributed by atoms with Gasteiger partial charge in [0.2, 0.25) is 0 Å². The minimum absolute atomic E-state index is 0.0295. The van der Waals surface area contributed by atoms with Crippen LogP contribution in [0.15, 0.2) is 54.6 Å². The van der Waals surface area contributed by atoms with Crippen LogP contribution in [-0.2, 0) is 6.54 Å². The summed E-state index contributed by atoms with van der Waals surface area (Å²) in [5.74, 6) is -0.419. The molecule has 1 fully saturated rings. The zero-order chi connectivity index (χ0) is 25.4. The summed E-state index contributed by atoms with van der Waals surface area (Å²) in [6.45, 7) is 4.91. The SMILES string of the molecule is Cc1ccc([C@H]2C[C@@H](C(F)(F)F)n3nc(C(=O)N4CCN(Cc5ccccc5)CC4)c(Cl)c3N2)cc1. The van der Waals surface area contributed by atoms with Crippen LogP contribution < -0.4 is 5.32 Å². The Morgan fingerprint density at radius 2 is 1.72 bits per heavy atom. The molecule has 1 saturated heterocycles. The number of fused-ring (bicyclic) bond motifs is 1. The number of anilines is 1. The molecular weight excluding hydrogens is 491 g/mol. The van der Waals surface area contributed by atoms with Gasteiger partial charge in [0.1, 0.15) is 10.8 Å². The largest absolute Gasteiger partial charge is 0.410 e. The highest BCUT2D eigenvalue weighted by Gasteiger charge is 2.48. The van der Waals surface area contributed by atoms with Crippen molar-refractivity contribution in [1.82, 2.24) is 19.6 Å². The number of nitrogens with one attached hydrogen (secondary N) is 1. The molecule has 0 radical (unpaired) electrons. The van der Waals surface area contributed by atoms with Gasteiger partial charge in [-0.2, -0.15) is 18.3 Å². The molecule has 5 rings (SSSR count). The van der Waals surface area contributed by atoms with Crippen molar-refractivity contribution < 1.29 is 18.0 Å². The van der Waals surface area contributed by atoms with Gasteiger partial charge in [0.25, 0.3) is 5.91 Å². The number of aromatic nitrogens is 2. The number of amides is 1. The summed E-state index contributed by atoms with van der Waals surface area (Å²) in [5.41, 5.74) is 2.78. The fourth-order valence-electron chi connectivity index (χ4n) is 4.84. The summed E-state index contributed by atoms with van der Waals surface area (Å²) in [5, 5.41) is 7.13. The fourth-order valence-corrected chi connectivity index (χ4v) is 5.10. The number of carbonyl (C=O) groups excluding carboxylic acids is 1. The molecule has 36 heavy (non-hydrogen) atoms. The second kappa shape index (κ2) is 9.78. The molecule has 6 nitrogen and oxygen atoms in total. The van der Waals surface area contributed by atoms with Crippen LogP contribution in [-0.4, -0.2) is 57.8 Å². The quantitative estimate of drug-likeness (QED) is 0.499. The lowest BCUT2D eigenvalue weighted by Gasteiger charge is -2.34. The topological polar surface area (TPSA) is 53.4 Å². The number of piperazine rings is 1.